The van der Waals surface area contributed by atoms with Crippen LogP contribution in [0.2, 0.25) is 5.02 Å². The zero-order valence-electron chi connectivity index (χ0n) is 19.1. The van der Waals surface area contributed by atoms with Crippen molar-refractivity contribution in [1.29, 1.82) is 0 Å². The smallest absolute Gasteiger partial charge is 0.296 e. The molecule has 0 radical (unpaired) electrons. The van der Waals surface area contributed by atoms with Crippen LogP contribution in [-0.2, 0) is 9.47 Å². The summed E-state index contributed by atoms with van der Waals surface area (Å²) in [5.74, 6) is 0. The first-order valence-electron chi connectivity index (χ1n) is 11.6. The minimum atomic E-state index is -0.643. The van der Waals surface area contributed by atoms with Crippen molar-refractivity contribution >= 4 is 22.8 Å². The molecule has 0 spiro atoms. The lowest BCUT2D eigenvalue weighted by molar-refractivity contribution is 0.00706. The number of aromatic nitrogens is 8. The van der Waals surface area contributed by atoms with Crippen molar-refractivity contribution in [2.45, 2.75) is 24.4 Å². The fraction of sp³-hybridized carbons (Fsp3) is 0.250. The van der Waals surface area contributed by atoms with Crippen LogP contribution in [-0.4, -0.2) is 82.9 Å². The van der Waals surface area contributed by atoms with Gasteiger partial charge in [-0.15, -0.1) is 5.10 Å². The lowest BCUT2D eigenvalue weighted by Crippen LogP contribution is -2.34. The molecule has 7 rings (SSSR count). The number of tetrazole rings is 1. The largest absolute Gasteiger partial charge is 0.456 e. The molecule has 0 aliphatic carbocycles. The molecule has 37 heavy (non-hydrogen) atoms. The summed E-state index contributed by atoms with van der Waals surface area (Å²) >= 11 is 6.58. The second-order valence-corrected chi connectivity index (χ2v) is 9.19. The Morgan fingerprint density at radius 2 is 1.86 bits per heavy atom. The summed E-state index contributed by atoms with van der Waals surface area (Å²) in [4.78, 5) is 16.8. The van der Waals surface area contributed by atoms with E-state index in [1.807, 2.05) is 36.4 Å². The van der Waals surface area contributed by atoms with Gasteiger partial charge in [-0.25, -0.2) is 4.98 Å². The summed E-state index contributed by atoms with van der Waals surface area (Å²) in [6.45, 7) is 0.543. The molecule has 2 aliphatic rings. The molecule has 6 heterocycles. The number of fused-ring (bicyclic) bond motifs is 2. The maximum Gasteiger partial charge on any atom is 0.296 e. The molecule has 5 aromatic rings. The number of aliphatic hydroxyl groups is 1. The molecule has 2 aliphatic heterocycles. The van der Waals surface area contributed by atoms with Crippen LogP contribution < -0.4 is 4.74 Å². The summed E-state index contributed by atoms with van der Waals surface area (Å²) < 4.78 is 18.7. The molecule has 186 valence electrons. The standard InChI is InChI=1S/C24H19ClN8O4/c25-15-7-17-23(30-24(28-17)37-19-10-36-21-18(34)9-35-22(19)21)29-20(15)13-3-1-12(2-4-13)16-6-5-14(8-26-16)33-11-27-31-32-33/h1-8,11,18-19,21-22,34H,9-10H2,(H,28,29,30)/t18-,19-,21-,22?/m1/s1. The van der Waals surface area contributed by atoms with Crippen molar-refractivity contribution in [3.8, 4) is 34.2 Å². The highest BCUT2D eigenvalue weighted by atomic mass is 35.5. The molecule has 13 heteroatoms. The Morgan fingerprint density at radius 1 is 1.03 bits per heavy atom. The van der Waals surface area contributed by atoms with Gasteiger partial charge in [0.2, 0.25) is 0 Å². The Hall–Kier alpha value is -3.97. The van der Waals surface area contributed by atoms with Gasteiger partial charge in [0.25, 0.3) is 6.01 Å². The van der Waals surface area contributed by atoms with E-state index in [1.165, 1.54) is 6.33 Å². The van der Waals surface area contributed by atoms with Crippen LogP contribution in [0.5, 0.6) is 6.01 Å². The van der Waals surface area contributed by atoms with Crippen LogP contribution in [0.15, 0.2) is 55.0 Å². The highest BCUT2D eigenvalue weighted by Crippen LogP contribution is 2.33. The zero-order chi connectivity index (χ0) is 24.9. The number of hydrogen-bond donors (Lipinski definition) is 2. The second-order valence-electron chi connectivity index (χ2n) is 8.78. The van der Waals surface area contributed by atoms with Crippen LogP contribution in [0.3, 0.4) is 0 Å². The van der Waals surface area contributed by atoms with Crippen molar-refractivity contribution in [3.63, 3.8) is 0 Å². The molecule has 4 atom stereocenters. The van der Waals surface area contributed by atoms with Crippen molar-refractivity contribution in [1.82, 2.24) is 40.1 Å². The van der Waals surface area contributed by atoms with Crippen LogP contribution in [0.1, 0.15) is 0 Å². The van der Waals surface area contributed by atoms with Gasteiger partial charge in [-0.2, -0.15) is 9.67 Å². The van der Waals surface area contributed by atoms with E-state index in [-0.39, 0.29) is 24.9 Å². The first kappa shape index (κ1) is 22.2. The van der Waals surface area contributed by atoms with Crippen molar-refractivity contribution in [3.05, 3.63) is 60.0 Å². The van der Waals surface area contributed by atoms with E-state index in [1.54, 1.807) is 16.9 Å². The predicted molar refractivity (Wildman–Crippen MR) is 130 cm³/mol. The number of imidazole rings is 1. The minimum absolute atomic E-state index is 0.233. The van der Waals surface area contributed by atoms with E-state index < -0.39 is 6.10 Å². The Kier molecular flexibility index (Phi) is 5.32. The SMILES string of the molecule is O[C@@H]1COC2[C@H](Oc3nc4nc(-c5ccc(-c6ccc(-n7cnnn7)cn6)cc5)c(Cl)cc4[nH]3)CO[C@@H]21. The molecule has 1 unspecified atom stereocenters. The van der Waals surface area contributed by atoms with Gasteiger partial charge >= 0.3 is 0 Å². The van der Waals surface area contributed by atoms with Gasteiger partial charge in [-0.1, -0.05) is 35.9 Å². The first-order valence-corrected chi connectivity index (χ1v) is 11.9. The van der Waals surface area contributed by atoms with Gasteiger partial charge in [-0.3, -0.25) is 4.98 Å². The molecule has 2 saturated heterocycles. The van der Waals surface area contributed by atoms with Crippen LogP contribution in [0, 0.1) is 0 Å². The topological polar surface area (TPSA) is 146 Å². The number of nitrogens with one attached hydrogen (secondary N) is 1. The number of rotatable bonds is 5. The van der Waals surface area contributed by atoms with E-state index in [2.05, 4.69) is 35.5 Å². The number of pyridine rings is 2. The van der Waals surface area contributed by atoms with Gasteiger partial charge in [-0.05, 0) is 28.6 Å². The van der Waals surface area contributed by atoms with Crippen molar-refractivity contribution in [2.24, 2.45) is 0 Å². The number of aliphatic hydroxyl groups excluding tert-OH is 1. The number of aromatic amines is 1. The summed E-state index contributed by atoms with van der Waals surface area (Å²) in [6, 6.07) is 13.7. The zero-order valence-corrected chi connectivity index (χ0v) is 19.9. The number of nitrogens with zero attached hydrogens (tertiary/aromatic N) is 7. The lowest BCUT2D eigenvalue weighted by atomic mass is 10.1. The average molecular weight is 519 g/mol. The number of benzene rings is 1. The Morgan fingerprint density at radius 3 is 2.65 bits per heavy atom. The average Bonchev–Trinajstić information content (AvgIpc) is 3.71. The Balaban J connectivity index is 1.11. The van der Waals surface area contributed by atoms with E-state index >= 15 is 0 Å². The van der Waals surface area contributed by atoms with Gasteiger partial charge in [0.1, 0.15) is 24.6 Å². The van der Waals surface area contributed by atoms with E-state index in [9.17, 15) is 5.11 Å². The van der Waals surface area contributed by atoms with Crippen LogP contribution in [0.25, 0.3) is 39.4 Å². The van der Waals surface area contributed by atoms with Gasteiger partial charge in [0.05, 0.1) is 47.0 Å². The molecule has 12 nitrogen and oxygen atoms in total. The molecular formula is C24H19ClN8O4. The summed E-state index contributed by atoms with van der Waals surface area (Å²) in [6.07, 6.45) is 1.50. The Bertz CT molecular complexity index is 1560. The molecule has 0 amide bonds. The maximum absolute atomic E-state index is 9.93. The maximum atomic E-state index is 9.93. The van der Waals surface area contributed by atoms with Gasteiger partial charge in [0.15, 0.2) is 11.8 Å². The lowest BCUT2D eigenvalue weighted by Gasteiger charge is -2.15. The highest BCUT2D eigenvalue weighted by Gasteiger charge is 2.48. The number of H-pyrrole nitrogens is 1. The second kappa shape index (κ2) is 8.85. The molecule has 2 N–H and O–H groups in total. The Labute approximate surface area is 214 Å². The quantitative estimate of drug-likeness (QED) is 0.355. The summed E-state index contributed by atoms with van der Waals surface area (Å²) in [5, 5.41) is 21.6. The molecule has 0 bridgehead atoms. The normalized spacial score (nSPS) is 23.0. The van der Waals surface area contributed by atoms with Gasteiger partial charge < -0.3 is 24.3 Å². The van der Waals surface area contributed by atoms with Crippen molar-refractivity contribution < 1.29 is 19.3 Å². The summed E-state index contributed by atoms with van der Waals surface area (Å²) in [7, 11) is 0. The highest BCUT2D eigenvalue weighted by molar-refractivity contribution is 6.33. The molecule has 2 fully saturated rings. The molecule has 0 saturated carbocycles. The predicted octanol–water partition coefficient (Wildman–Crippen LogP) is 2.22. The summed E-state index contributed by atoms with van der Waals surface area (Å²) in [5.41, 5.74) is 5.08. The third-order valence-corrected chi connectivity index (χ3v) is 6.75. The van der Waals surface area contributed by atoms with Crippen LogP contribution in [0.4, 0.5) is 0 Å². The molecule has 4 aromatic heterocycles. The number of ether oxygens (including phenoxy) is 3. The van der Waals surface area contributed by atoms with Gasteiger partial charge in [0, 0.05) is 11.1 Å². The van der Waals surface area contributed by atoms with Crippen molar-refractivity contribution in [2.75, 3.05) is 13.2 Å². The molecular weight excluding hydrogens is 500 g/mol. The van der Waals surface area contributed by atoms with E-state index in [4.69, 9.17) is 25.8 Å². The number of hydrogen-bond acceptors (Lipinski definition) is 10. The fourth-order valence-corrected chi connectivity index (χ4v) is 4.87. The minimum Gasteiger partial charge on any atom is -0.456 e. The van der Waals surface area contributed by atoms with E-state index in [0.29, 0.717) is 34.5 Å². The third-order valence-electron chi connectivity index (χ3n) is 6.47. The molecule has 1 aromatic carbocycles. The monoisotopic (exact) mass is 518 g/mol. The third kappa shape index (κ3) is 4.00. The van der Waals surface area contributed by atoms with E-state index in [0.717, 1.165) is 22.5 Å². The fourth-order valence-electron chi connectivity index (χ4n) is 4.61. The first-order chi connectivity index (χ1) is 18.1. The van der Waals surface area contributed by atoms with Crippen LogP contribution >= 0.6 is 11.6 Å². The number of halogens is 1.